The molecule has 0 aliphatic carbocycles. The summed E-state index contributed by atoms with van der Waals surface area (Å²) in [6.07, 6.45) is 2.41. The molecule has 0 atom stereocenters. The van der Waals surface area contributed by atoms with Gasteiger partial charge in [-0.1, -0.05) is 25.1 Å². The Hall–Kier alpha value is -2.30. The summed E-state index contributed by atoms with van der Waals surface area (Å²) in [5.74, 6) is 0.979. The average Bonchev–Trinajstić information content (AvgIpc) is 2.46. The molecule has 1 aromatic carbocycles. The second-order valence-electron chi connectivity index (χ2n) is 5.33. The Kier molecular flexibility index (Phi) is 4.08. The SMILES string of the molecule is CC(C)(CCOc1ccc2cccnc2c1)/C(N)=N/O. The molecule has 0 saturated carbocycles. The van der Waals surface area contributed by atoms with Gasteiger partial charge in [0.2, 0.25) is 0 Å². The van der Waals surface area contributed by atoms with Crippen molar-refractivity contribution in [1.29, 1.82) is 0 Å². The molecule has 106 valence electrons. The summed E-state index contributed by atoms with van der Waals surface area (Å²) >= 11 is 0. The first-order valence-corrected chi connectivity index (χ1v) is 6.48. The normalized spacial score (nSPS) is 12.6. The highest BCUT2D eigenvalue weighted by Gasteiger charge is 2.23. The molecule has 0 bridgehead atoms. The summed E-state index contributed by atoms with van der Waals surface area (Å²) in [6, 6.07) is 9.72. The molecule has 0 amide bonds. The van der Waals surface area contributed by atoms with Gasteiger partial charge in [0.25, 0.3) is 0 Å². The van der Waals surface area contributed by atoms with Crippen LogP contribution in [0.5, 0.6) is 5.75 Å². The van der Waals surface area contributed by atoms with E-state index >= 15 is 0 Å². The van der Waals surface area contributed by atoms with Crippen molar-refractivity contribution in [3.8, 4) is 5.75 Å². The van der Waals surface area contributed by atoms with Gasteiger partial charge in [0.15, 0.2) is 0 Å². The lowest BCUT2D eigenvalue weighted by molar-refractivity contribution is 0.260. The second kappa shape index (κ2) is 5.77. The van der Waals surface area contributed by atoms with E-state index in [0.717, 1.165) is 16.7 Å². The standard InChI is InChI=1S/C15H19N3O2/c1-15(2,14(16)18-19)7-9-20-12-6-5-11-4-3-8-17-13(11)10-12/h3-6,8,10,19H,7,9H2,1-2H3,(H2,16,18). The van der Waals surface area contributed by atoms with E-state index < -0.39 is 5.41 Å². The lowest BCUT2D eigenvalue weighted by atomic mass is 9.88. The first-order chi connectivity index (χ1) is 9.53. The van der Waals surface area contributed by atoms with Gasteiger partial charge >= 0.3 is 0 Å². The molecule has 2 rings (SSSR count). The van der Waals surface area contributed by atoms with Crippen LogP contribution in [-0.2, 0) is 0 Å². The molecule has 0 aliphatic rings. The number of amidine groups is 1. The van der Waals surface area contributed by atoms with E-state index in [9.17, 15) is 0 Å². The Balaban J connectivity index is 1.99. The van der Waals surface area contributed by atoms with Crippen LogP contribution in [0.3, 0.4) is 0 Å². The van der Waals surface area contributed by atoms with Gasteiger partial charge in [0.05, 0.1) is 12.1 Å². The van der Waals surface area contributed by atoms with Crippen molar-refractivity contribution in [1.82, 2.24) is 4.98 Å². The Morgan fingerprint density at radius 2 is 2.20 bits per heavy atom. The number of oxime groups is 1. The smallest absolute Gasteiger partial charge is 0.144 e. The number of aromatic nitrogens is 1. The summed E-state index contributed by atoms with van der Waals surface area (Å²) in [7, 11) is 0. The van der Waals surface area contributed by atoms with Crippen LogP contribution in [0.4, 0.5) is 0 Å². The molecular formula is C15H19N3O2. The summed E-state index contributed by atoms with van der Waals surface area (Å²) in [5, 5.41) is 12.9. The van der Waals surface area contributed by atoms with Crippen molar-refractivity contribution in [2.45, 2.75) is 20.3 Å². The minimum absolute atomic E-state index is 0.210. The maximum atomic E-state index is 8.72. The second-order valence-corrected chi connectivity index (χ2v) is 5.33. The molecule has 5 heteroatoms. The van der Waals surface area contributed by atoms with Gasteiger partial charge in [0, 0.05) is 23.1 Å². The molecule has 0 radical (unpaired) electrons. The van der Waals surface area contributed by atoms with Crippen LogP contribution in [0.25, 0.3) is 10.9 Å². The molecule has 20 heavy (non-hydrogen) atoms. The molecule has 0 unspecified atom stereocenters. The zero-order chi connectivity index (χ0) is 14.6. The van der Waals surface area contributed by atoms with Gasteiger partial charge in [0.1, 0.15) is 11.6 Å². The number of nitrogens with two attached hydrogens (primary N) is 1. The maximum Gasteiger partial charge on any atom is 0.144 e. The molecule has 0 saturated heterocycles. The topological polar surface area (TPSA) is 80.7 Å². The highest BCUT2D eigenvalue weighted by atomic mass is 16.5. The molecule has 0 fully saturated rings. The van der Waals surface area contributed by atoms with Crippen LogP contribution in [0, 0.1) is 5.41 Å². The molecular weight excluding hydrogens is 254 g/mol. The van der Waals surface area contributed by atoms with Crippen molar-refractivity contribution in [2.75, 3.05) is 6.61 Å². The predicted molar refractivity (Wildman–Crippen MR) is 79.0 cm³/mol. The first-order valence-electron chi connectivity index (χ1n) is 6.48. The minimum Gasteiger partial charge on any atom is -0.493 e. The van der Waals surface area contributed by atoms with E-state index in [4.69, 9.17) is 15.7 Å². The highest BCUT2D eigenvalue weighted by molar-refractivity contribution is 5.85. The predicted octanol–water partition coefficient (Wildman–Crippen LogP) is 2.78. The Labute approximate surface area is 118 Å². The van der Waals surface area contributed by atoms with Crippen LogP contribution in [0.1, 0.15) is 20.3 Å². The summed E-state index contributed by atoms with van der Waals surface area (Å²) in [4.78, 5) is 4.29. The van der Waals surface area contributed by atoms with E-state index in [-0.39, 0.29) is 5.84 Å². The van der Waals surface area contributed by atoms with Crippen molar-refractivity contribution < 1.29 is 9.94 Å². The number of benzene rings is 1. The number of hydrogen-bond donors (Lipinski definition) is 2. The van der Waals surface area contributed by atoms with Gasteiger partial charge < -0.3 is 15.7 Å². The van der Waals surface area contributed by atoms with Gasteiger partial charge in [-0.25, -0.2) is 0 Å². The summed E-state index contributed by atoms with van der Waals surface area (Å²) in [6.45, 7) is 4.31. The molecule has 0 spiro atoms. The van der Waals surface area contributed by atoms with Crippen LogP contribution in [0.2, 0.25) is 0 Å². The van der Waals surface area contributed by atoms with Crippen LogP contribution >= 0.6 is 0 Å². The Morgan fingerprint density at radius 3 is 2.95 bits per heavy atom. The average molecular weight is 273 g/mol. The Morgan fingerprint density at radius 1 is 1.40 bits per heavy atom. The fourth-order valence-electron chi connectivity index (χ4n) is 1.82. The lowest BCUT2D eigenvalue weighted by Crippen LogP contribution is -2.33. The lowest BCUT2D eigenvalue weighted by Gasteiger charge is -2.22. The minimum atomic E-state index is -0.399. The maximum absolute atomic E-state index is 8.72. The summed E-state index contributed by atoms with van der Waals surface area (Å²) in [5.41, 5.74) is 6.14. The van der Waals surface area contributed by atoms with Crippen molar-refractivity contribution in [3.63, 3.8) is 0 Å². The molecule has 1 aromatic heterocycles. The largest absolute Gasteiger partial charge is 0.493 e. The van der Waals surface area contributed by atoms with Gasteiger partial charge in [-0.05, 0) is 24.6 Å². The molecule has 2 aromatic rings. The van der Waals surface area contributed by atoms with Crippen molar-refractivity contribution >= 4 is 16.7 Å². The zero-order valence-electron chi connectivity index (χ0n) is 11.7. The number of ether oxygens (including phenoxy) is 1. The van der Waals surface area contributed by atoms with Gasteiger partial charge in [-0.15, -0.1) is 0 Å². The molecule has 0 aliphatic heterocycles. The van der Waals surface area contributed by atoms with E-state index in [0.29, 0.717) is 13.0 Å². The third-order valence-electron chi connectivity index (χ3n) is 3.37. The zero-order valence-corrected chi connectivity index (χ0v) is 11.7. The van der Waals surface area contributed by atoms with E-state index in [1.54, 1.807) is 6.20 Å². The number of nitrogens with zero attached hydrogens (tertiary/aromatic N) is 2. The highest BCUT2D eigenvalue weighted by Crippen LogP contribution is 2.23. The third kappa shape index (κ3) is 3.17. The fourth-order valence-corrected chi connectivity index (χ4v) is 1.82. The van der Waals surface area contributed by atoms with E-state index in [1.165, 1.54) is 0 Å². The van der Waals surface area contributed by atoms with E-state index in [2.05, 4.69) is 10.1 Å². The van der Waals surface area contributed by atoms with Gasteiger partial charge in [-0.3, -0.25) is 4.98 Å². The van der Waals surface area contributed by atoms with Crippen LogP contribution < -0.4 is 10.5 Å². The Bertz CT molecular complexity index is 623. The van der Waals surface area contributed by atoms with E-state index in [1.807, 2.05) is 44.2 Å². The van der Waals surface area contributed by atoms with Crippen molar-refractivity contribution in [2.24, 2.45) is 16.3 Å². The van der Waals surface area contributed by atoms with Crippen LogP contribution in [-0.4, -0.2) is 22.6 Å². The fraction of sp³-hybridized carbons (Fsp3) is 0.333. The van der Waals surface area contributed by atoms with Crippen molar-refractivity contribution in [3.05, 3.63) is 36.5 Å². The number of rotatable bonds is 5. The molecule has 1 heterocycles. The number of hydrogen-bond acceptors (Lipinski definition) is 4. The monoisotopic (exact) mass is 273 g/mol. The molecule has 3 N–H and O–H groups in total. The van der Waals surface area contributed by atoms with Gasteiger partial charge in [-0.2, -0.15) is 0 Å². The molecule has 5 nitrogen and oxygen atoms in total. The third-order valence-corrected chi connectivity index (χ3v) is 3.37. The number of fused-ring (bicyclic) bond motifs is 1. The summed E-state index contributed by atoms with van der Waals surface area (Å²) < 4.78 is 5.71. The van der Waals surface area contributed by atoms with Crippen LogP contribution in [0.15, 0.2) is 41.7 Å². The number of pyridine rings is 1. The first kappa shape index (κ1) is 14.1. The quantitative estimate of drug-likeness (QED) is 0.380.